The zero-order valence-corrected chi connectivity index (χ0v) is 36.2. The predicted octanol–water partition coefficient (Wildman–Crippen LogP) is 12.6. The highest BCUT2D eigenvalue weighted by molar-refractivity contribution is 7.47. The summed E-state index contributed by atoms with van der Waals surface area (Å²) in [7, 11) is -4.38. The SMILES string of the molecule is CCCCCCCC/C=C\CCCCCCCC(=O)OCC(COP(=O)(O)OCCNC(C)C)OC(=O)CCCCCCC/C=C\CCCCCCCC. The number of carbonyl (C=O) groups excluding carboxylic acids is 2. The van der Waals surface area contributed by atoms with Crippen LogP contribution in [0, 0.1) is 0 Å². The summed E-state index contributed by atoms with van der Waals surface area (Å²) in [6.45, 7) is 8.14. The van der Waals surface area contributed by atoms with Crippen LogP contribution in [0.2, 0.25) is 0 Å². The van der Waals surface area contributed by atoms with Crippen LogP contribution in [0.25, 0.3) is 0 Å². The monoisotopic (exact) mass is 786 g/mol. The smallest absolute Gasteiger partial charge is 0.462 e. The Morgan fingerprint density at radius 2 is 0.981 bits per heavy atom. The molecule has 0 rings (SSSR count). The van der Waals surface area contributed by atoms with Crippen molar-refractivity contribution in [3.05, 3.63) is 24.3 Å². The summed E-state index contributed by atoms with van der Waals surface area (Å²) in [6.07, 6.45) is 39.3. The van der Waals surface area contributed by atoms with Crippen molar-refractivity contribution < 1.29 is 37.6 Å². The first-order valence-corrected chi connectivity index (χ1v) is 23.7. The van der Waals surface area contributed by atoms with Gasteiger partial charge in [0.1, 0.15) is 6.61 Å². The number of esters is 2. The molecule has 0 aliphatic rings. The second kappa shape index (κ2) is 39.7. The van der Waals surface area contributed by atoms with Crippen molar-refractivity contribution in [1.29, 1.82) is 0 Å². The molecule has 2 N–H and O–H groups in total. The Labute approximate surface area is 332 Å². The Kier molecular flexibility index (Phi) is 38.6. The summed E-state index contributed by atoms with van der Waals surface area (Å²) in [5.41, 5.74) is 0. The molecule has 0 aromatic heterocycles. The predicted molar refractivity (Wildman–Crippen MR) is 225 cm³/mol. The first kappa shape index (κ1) is 52.5. The highest BCUT2D eigenvalue weighted by atomic mass is 31.2. The Morgan fingerprint density at radius 3 is 1.43 bits per heavy atom. The van der Waals surface area contributed by atoms with E-state index in [-0.39, 0.29) is 38.1 Å². The largest absolute Gasteiger partial charge is 0.472 e. The maximum Gasteiger partial charge on any atom is 0.472 e. The molecular weight excluding hydrogens is 701 g/mol. The minimum absolute atomic E-state index is 0.0170. The average molecular weight is 786 g/mol. The second-order valence-electron chi connectivity index (χ2n) is 15.2. The molecule has 0 aliphatic carbocycles. The third-order valence-electron chi connectivity index (χ3n) is 9.35. The van der Waals surface area contributed by atoms with E-state index in [0.29, 0.717) is 13.0 Å². The zero-order valence-electron chi connectivity index (χ0n) is 35.3. The lowest BCUT2D eigenvalue weighted by molar-refractivity contribution is -0.161. The summed E-state index contributed by atoms with van der Waals surface area (Å²) < 4.78 is 33.5. The highest BCUT2D eigenvalue weighted by Gasteiger charge is 2.26. The molecule has 0 saturated carbocycles. The van der Waals surface area contributed by atoms with Gasteiger partial charge < -0.3 is 19.7 Å². The van der Waals surface area contributed by atoms with Gasteiger partial charge in [0.05, 0.1) is 13.2 Å². The van der Waals surface area contributed by atoms with Gasteiger partial charge >= 0.3 is 19.8 Å². The lowest BCUT2D eigenvalue weighted by atomic mass is 10.1. The van der Waals surface area contributed by atoms with Crippen molar-refractivity contribution in [2.24, 2.45) is 0 Å². The first-order chi connectivity index (χ1) is 26.2. The molecule has 10 heteroatoms. The maximum absolute atomic E-state index is 12.7. The van der Waals surface area contributed by atoms with Gasteiger partial charge in [-0.2, -0.15) is 0 Å². The molecule has 0 aromatic rings. The van der Waals surface area contributed by atoms with Crippen molar-refractivity contribution in [1.82, 2.24) is 5.32 Å². The van der Waals surface area contributed by atoms with E-state index in [4.69, 9.17) is 18.5 Å². The molecule has 0 bridgehead atoms. The van der Waals surface area contributed by atoms with Crippen LogP contribution >= 0.6 is 7.82 Å². The highest BCUT2D eigenvalue weighted by Crippen LogP contribution is 2.43. The van der Waals surface area contributed by atoms with Gasteiger partial charge in [-0.05, 0) is 64.2 Å². The maximum atomic E-state index is 12.7. The molecular formula is C44H84NO8P. The third kappa shape index (κ3) is 40.2. The number of unbranched alkanes of at least 4 members (excludes halogenated alkanes) is 22. The second-order valence-corrected chi connectivity index (χ2v) is 16.6. The summed E-state index contributed by atoms with van der Waals surface area (Å²) in [6, 6.07) is 0.208. The Morgan fingerprint density at radius 1 is 0.574 bits per heavy atom. The number of phosphoric acid groups is 1. The van der Waals surface area contributed by atoms with Crippen molar-refractivity contribution in [2.45, 2.75) is 220 Å². The normalized spacial score (nSPS) is 13.6. The quantitative estimate of drug-likeness (QED) is 0.0270. The number of hydrogen-bond donors (Lipinski definition) is 2. The number of hydrogen-bond acceptors (Lipinski definition) is 8. The van der Waals surface area contributed by atoms with Crippen molar-refractivity contribution in [2.75, 3.05) is 26.4 Å². The molecule has 2 unspecified atom stereocenters. The van der Waals surface area contributed by atoms with E-state index in [1.54, 1.807) is 0 Å². The van der Waals surface area contributed by atoms with Crippen LogP contribution < -0.4 is 5.32 Å². The van der Waals surface area contributed by atoms with Crippen LogP contribution in [0.1, 0.15) is 207 Å². The minimum Gasteiger partial charge on any atom is -0.462 e. The molecule has 0 radical (unpaired) electrons. The molecule has 2 atom stereocenters. The molecule has 0 aliphatic heterocycles. The summed E-state index contributed by atoms with van der Waals surface area (Å²) in [5, 5.41) is 3.10. The van der Waals surface area contributed by atoms with Crippen molar-refractivity contribution >= 4 is 19.8 Å². The van der Waals surface area contributed by atoms with E-state index < -0.39 is 26.5 Å². The van der Waals surface area contributed by atoms with Gasteiger partial charge in [0.25, 0.3) is 0 Å². The number of phosphoric ester groups is 1. The van der Waals surface area contributed by atoms with Crippen molar-refractivity contribution in [3.63, 3.8) is 0 Å². The van der Waals surface area contributed by atoms with Crippen LogP contribution in [-0.2, 0) is 32.7 Å². The van der Waals surface area contributed by atoms with Gasteiger partial charge in [0, 0.05) is 25.4 Å². The first-order valence-electron chi connectivity index (χ1n) is 22.2. The fourth-order valence-electron chi connectivity index (χ4n) is 6.02. The summed E-state index contributed by atoms with van der Waals surface area (Å²) in [4.78, 5) is 35.3. The molecule has 0 spiro atoms. The third-order valence-corrected chi connectivity index (χ3v) is 10.3. The van der Waals surface area contributed by atoms with Crippen LogP contribution in [0.15, 0.2) is 24.3 Å². The molecule has 318 valence electrons. The van der Waals surface area contributed by atoms with Gasteiger partial charge in [-0.3, -0.25) is 18.6 Å². The topological polar surface area (TPSA) is 120 Å². The number of carbonyl (C=O) groups is 2. The lowest BCUT2D eigenvalue weighted by Gasteiger charge is -2.20. The van der Waals surface area contributed by atoms with Gasteiger partial charge in [-0.15, -0.1) is 0 Å². The molecule has 54 heavy (non-hydrogen) atoms. The van der Waals surface area contributed by atoms with Gasteiger partial charge in [0.2, 0.25) is 0 Å². The van der Waals surface area contributed by atoms with Crippen molar-refractivity contribution in [3.8, 4) is 0 Å². The fourth-order valence-corrected chi connectivity index (χ4v) is 6.77. The molecule has 0 fully saturated rings. The molecule has 9 nitrogen and oxygen atoms in total. The van der Waals surface area contributed by atoms with Crippen LogP contribution in [0.3, 0.4) is 0 Å². The van der Waals surface area contributed by atoms with Gasteiger partial charge in [-0.25, -0.2) is 4.57 Å². The Hall–Kier alpha value is -1.51. The summed E-state index contributed by atoms with van der Waals surface area (Å²) in [5.74, 6) is -0.821. The number of nitrogens with one attached hydrogen (secondary N) is 1. The molecule has 0 heterocycles. The Balaban J connectivity index is 4.36. The molecule has 0 saturated heterocycles. The molecule has 0 amide bonds. The average Bonchev–Trinajstić information content (AvgIpc) is 3.14. The van der Waals surface area contributed by atoms with E-state index in [9.17, 15) is 19.0 Å². The Bertz CT molecular complexity index is 957. The number of allylic oxidation sites excluding steroid dienone is 4. The minimum atomic E-state index is -4.38. The van der Waals surface area contributed by atoms with E-state index in [0.717, 1.165) is 70.6 Å². The van der Waals surface area contributed by atoms with Crippen LogP contribution in [-0.4, -0.2) is 55.3 Å². The van der Waals surface area contributed by atoms with Gasteiger partial charge in [0.15, 0.2) is 6.10 Å². The van der Waals surface area contributed by atoms with Crippen LogP contribution in [0.4, 0.5) is 0 Å². The fraction of sp³-hybridized carbons (Fsp3) is 0.864. The number of rotatable bonds is 41. The number of ether oxygens (including phenoxy) is 2. The van der Waals surface area contributed by atoms with E-state index in [1.807, 2.05) is 13.8 Å². The van der Waals surface area contributed by atoms with Crippen LogP contribution in [0.5, 0.6) is 0 Å². The van der Waals surface area contributed by atoms with E-state index in [2.05, 4.69) is 43.5 Å². The molecule has 0 aromatic carbocycles. The lowest BCUT2D eigenvalue weighted by Crippen LogP contribution is -2.30. The van der Waals surface area contributed by atoms with E-state index >= 15 is 0 Å². The standard InChI is InChI=1S/C44H84NO8P/c1-5-7-9-11-13-15-17-19-21-23-25-27-29-31-33-35-43(46)50-39-42(40-52-54(48,49)51-38-37-45-41(3)4)53-44(47)36-34-32-30-28-26-24-22-20-18-16-14-12-10-8-6-2/h19-22,41-42,45H,5-18,23-40H2,1-4H3,(H,48,49)/b21-19-,22-20-. The van der Waals surface area contributed by atoms with Gasteiger partial charge in [-0.1, -0.05) is 155 Å². The summed E-state index contributed by atoms with van der Waals surface area (Å²) >= 11 is 0. The van der Waals surface area contributed by atoms with E-state index in [1.165, 1.54) is 89.9 Å². The zero-order chi connectivity index (χ0) is 39.8.